The number of nitrogens with two attached hydrogens (primary N) is 1. The molecular weight excluding hydrogens is 639 g/mol. The fourth-order valence-electron chi connectivity index (χ4n) is 4.32. The third kappa shape index (κ3) is 9.60. The van der Waals surface area contributed by atoms with E-state index in [9.17, 15) is 19.5 Å². The van der Waals surface area contributed by atoms with E-state index >= 15 is 0 Å². The first-order valence-electron chi connectivity index (χ1n) is 14.0. The highest BCUT2D eigenvalue weighted by atomic mass is 35.5. The molecule has 0 fully saturated rings. The monoisotopic (exact) mass is 668 g/mol. The lowest BCUT2D eigenvalue weighted by Crippen LogP contribution is -2.37. The Bertz CT molecular complexity index is 1640. The molecule has 4 rings (SSSR count). The zero-order valence-electron chi connectivity index (χ0n) is 24.0. The lowest BCUT2D eigenvalue weighted by molar-refractivity contribution is -0.109. The molecule has 0 saturated heterocycles. The third-order valence-corrected chi connectivity index (χ3v) is 7.54. The van der Waals surface area contributed by atoms with E-state index in [1.807, 2.05) is 12.1 Å². The van der Waals surface area contributed by atoms with E-state index in [-0.39, 0.29) is 34.9 Å². The Kier molecular flexibility index (Phi) is 12.1. The van der Waals surface area contributed by atoms with Crippen LogP contribution in [0.1, 0.15) is 38.3 Å². The standard InChI is InChI=1S/C33H31Cl3N4O5/c34-28-15-22(32(43)38-18-21-3-1-4-25(42)14-21)7-10-27(28)33(44)40-24(19-41)13-20-5-8-23(9-6-20)39-31-29(35)16-26(17-30(31)36)45-12-2-11-37/h1,3-10,14-17,19,24,39,42H,2,11-13,18,37H2,(H,38,43)(H,40,44). The number of rotatable bonds is 14. The predicted octanol–water partition coefficient (Wildman–Crippen LogP) is 6.29. The number of amides is 2. The average Bonchev–Trinajstić information content (AvgIpc) is 3.02. The van der Waals surface area contributed by atoms with Gasteiger partial charge in [0, 0.05) is 29.9 Å². The molecule has 0 heterocycles. The Balaban J connectivity index is 1.33. The highest BCUT2D eigenvalue weighted by molar-refractivity contribution is 6.39. The van der Waals surface area contributed by atoms with E-state index in [0.717, 1.165) is 11.1 Å². The van der Waals surface area contributed by atoms with E-state index in [1.54, 1.807) is 42.5 Å². The number of phenolic OH excluding ortho intramolecular Hbond substituents is 1. The molecule has 0 aliphatic rings. The quantitative estimate of drug-likeness (QED) is 0.0784. The topological polar surface area (TPSA) is 143 Å². The van der Waals surface area contributed by atoms with E-state index in [0.29, 0.717) is 53.0 Å². The van der Waals surface area contributed by atoms with Crippen LogP contribution in [0.3, 0.4) is 0 Å². The van der Waals surface area contributed by atoms with Gasteiger partial charge in [-0.25, -0.2) is 0 Å². The second-order valence-electron chi connectivity index (χ2n) is 10.0. The number of halogens is 3. The molecule has 12 heteroatoms. The number of phenols is 1. The zero-order chi connectivity index (χ0) is 32.3. The molecule has 234 valence electrons. The summed E-state index contributed by atoms with van der Waals surface area (Å²) in [4.78, 5) is 37.3. The van der Waals surface area contributed by atoms with Crippen LogP contribution in [0.4, 0.5) is 11.4 Å². The maximum Gasteiger partial charge on any atom is 0.253 e. The molecule has 2 amide bonds. The van der Waals surface area contributed by atoms with Crippen molar-refractivity contribution in [2.24, 2.45) is 5.73 Å². The Morgan fingerprint density at radius 3 is 2.27 bits per heavy atom. The highest BCUT2D eigenvalue weighted by Crippen LogP contribution is 2.37. The number of anilines is 2. The normalized spacial score (nSPS) is 11.4. The first-order valence-corrected chi connectivity index (χ1v) is 15.1. The molecule has 1 atom stereocenters. The van der Waals surface area contributed by atoms with Crippen LogP contribution in [0.25, 0.3) is 0 Å². The summed E-state index contributed by atoms with van der Waals surface area (Å²) in [5.41, 5.74) is 8.62. The SMILES string of the molecule is NCCCOc1cc(Cl)c(Nc2ccc(CC(C=O)NC(=O)c3ccc(C(=O)NCc4cccc(O)c4)cc3Cl)cc2)c(Cl)c1. The lowest BCUT2D eigenvalue weighted by Gasteiger charge is -2.15. The van der Waals surface area contributed by atoms with Crippen molar-refractivity contribution < 1.29 is 24.2 Å². The molecule has 1 unspecified atom stereocenters. The molecule has 0 aliphatic heterocycles. The second-order valence-corrected chi connectivity index (χ2v) is 11.3. The van der Waals surface area contributed by atoms with E-state index < -0.39 is 17.9 Å². The van der Waals surface area contributed by atoms with Gasteiger partial charge in [0.15, 0.2) is 0 Å². The number of hydrogen-bond acceptors (Lipinski definition) is 7. The minimum absolute atomic E-state index is 0.0602. The maximum absolute atomic E-state index is 12.9. The van der Waals surface area contributed by atoms with Gasteiger partial charge in [-0.3, -0.25) is 9.59 Å². The third-order valence-electron chi connectivity index (χ3n) is 6.63. The van der Waals surface area contributed by atoms with Crippen LogP contribution in [0.2, 0.25) is 15.1 Å². The molecule has 0 radical (unpaired) electrons. The Morgan fingerprint density at radius 1 is 0.889 bits per heavy atom. The summed E-state index contributed by atoms with van der Waals surface area (Å²) < 4.78 is 5.61. The molecule has 0 spiro atoms. The van der Waals surface area contributed by atoms with Crippen molar-refractivity contribution in [3.05, 3.63) is 116 Å². The van der Waals surface area contributed by atoms with Crippen molar-refractivity contribution in [2.75, 3.05) is 18.5 Å². The fraction of sp³-hybridized carbons (Fsp3) is 0.182. The van der Waals surface area contributed by atoms with Gasteiger partial charge in [-0.05, 0) is 73.0 Å². The van der Waals surface area contributed by atoms with Gasteiger partial charge >= 0.3 is 0 Å². The first-order chi connectivity index (χ1) is 21.7. The van der Waals surface area contributed by atoms with Crippen molar-refractivity contribution in [2.45, 2.75) is 25.4 Å². The zero-order valence-corrected chi connectivity index (χ0v) is 26.3. The molecule has 0 bridgehead atoms. The van der Waals surface area contributed by atoms with Crippen molar-refractivity contribution in [1.82, 2.24) is 10.6 Å². The van der Waals surface area contributed by atoms with Crippen LogP contribution < -0.4 is 26.4 Å². The van der Waals surface area contributed by atoms with Crippen molar-refractivity contribution >= 4 is 64.3 Å². The fourth-order valence-corrected chi connectivity index (χ4v) is 5.15. The summed E-state index contributed by atoms with van der Waals surface area (Å²) >= 11 is 19.2. The van der Waals surface area contributed by atoms with Gasteiger partial charge in [0.25, 0.3) is 11.8 Å². The Morgan fingerprint density at radius 2 is 1.62 bits per heavy atom. The number of aldehydes is 1. The number of carbonyl (C=O) groups excluding carboxylic acids is 3. The van der Waals surface area contributed by atoms with Crippen LogP contribution in [0.15, 0.2) is 78.9 Å². The van der Waals surface area contributed by atoms with Gasteiger partial charge in [-0.1, -0.05) is 59.1 Å². The number of aromatic hydroxyl groups is 1. The van der Waals surface area contributed by atoms with Crippen molar-refractivity contribution in [3.63, 3.8) is 0 Å². The molecule has 45 heavy (non-hydrogen) atoms. The lowest BCUT2D eigenvalue weighted by atomic mass is 10.1. The summed E-state index contributed by atoms with van der Waals surface area (Å²) in [7, 11) is 0. The molecule has 4 aromatic carbocycles. The second kappa shape index (κ2) is 16.2. The molecule has 9 nitrogen and oxygen atoms in total. The van der Waals surface area contributed by atoms with Crippen LogP contribution in [-0.4, -0.2) is 42.4 Å². The van der Waals surface area contributed by atoms with Crippen LogP contribution in [0, 0.1) is 0 Å². The largest absolute Gasteiger partial charge is 0.508 e. The van der Waals surface area contributed by atoms with Crippen LogP contribution in [0.5, 0.6) is 11.5 Å². The number of carbonyl (C=O) groups is 3. The number of ether oxygens (including phenoxy) is 1. The number of nitrogens with one attached hydrogen (secondary N) is 3. The Hall–Kier alpha value is -4.28. The van der Waals surface area contributed by atoms with Gasteiger partial charge in [-0.15, -0.1) is 0 Å². The summed E-state index contributed by atoms with van der Waals surface area (Å²) in [5.74, 6) is -0.307. The predicted molar refractivity (Wildman–Crippen MR) is 177 cm³/mol. The summed E-state index contributed by atoms with van der Waals surface area (Å²) in [6, 6.07) is 20.6. The molecule has 0 aromatic heterocycles. The van der Waals surface area contributed by atoms with Gasteiger partial charge in [0.1, 0.15) is 17.8 Å². The minimum atomic E-state index is -0.826. The van der Waals surface area contributed by atoms with Gasteiger partial charge in [0.2, 0.25) is 0 Å². The molecule has 0 aliphatic carbocycles. The van der Waals surface area contributed by atoms with Crippen molar-refractivity contribution in [1.29, 1.82) is 0 Å². The smallest absolute Gasteiger partial charge is 0.253 e. The van der Waals surface area contributed by atoms with Gasteiger partial charge < -0.3 is 36.3 Å². The maximum atomic E-state index is 12.9. The molecule has 6 N–H and O–H groups in total. The number of hydrogen-bond donors (Lipinski definition) is 5. The summed E-state index contributed by atoms with van der Waals surface area (Å²) in [6.07, 6.45) is 1.60. The highest BCUT2D eigenvalue weighted by Gasteiger charge is 2.18. The molecule has 0 saturated carbocycles. The average molecular weight is 670 g/mol. The van der Waals surface area contributed by atoms with Crippen LogP contribution in [-0.2, 0) is 17.8 Å². The summed E-state index contributed by atoms with van der Waals surface area (Å²) in [5, 5.41) is 19.0. The van der Waals surface area contributed by atoms with E-state index in [4.69, 9.17) is 45.3 Å². The van der Waals surface area contributed by atoms with E-state index in [2.05, 4.69) is 16.0 Å². The molecule has 4 aromatic rings. The first kappa shape index (κ1) is 33.6. The van der Waals surface area contributed by atoms with Gasteiger partial charge in [-0.2, -0.15) is 0 Å². The number of benzene rings is 4. The van der Waals surface area contributed by atoms with Crippen molar-refractivity contribution in [3.8, 4) is 11.5 Å². The Labute approximate surface area is 275 Å². The van der Waals surface area contributed by atoms with Crippen LogP contribution >= 0.6 is 34.8 Å². The van der Waals surface area contributed by atoms with E-state index in [1.165, 1.54) is 24.3 Å². The summed E-state index contributed by atoms with van der Waals surface area (Å²) in [6.45, 7) is 1.18. The van der Waals surface area contributed by atoms with Gasteiger partial charge in [0.05, 0.1) is 39.0 Å². The molecular formula is C33H31Cl3N4O5. The minimum Gasteiger partial charge on any atom is -0.508 e.